The lowest BCUT2D eigenvalue weighted by Crippen LogP contribution is -2.17. The van der Waals surface area contributed by atoms with E-state index < -0.39 is 5.60 Å². The molecule has 0 spiro atoms. The largest absolute Gasteiger partial charge is 0.456 e. The molecular weight excluding hydrogens is 295 g/mol. The van der Waals surface area contributed by atoms with Crippen LogP contribution in [-0.2, 0) is 5.60 Å². The summed E-state index contributed by atoms with van der Waals surface area (Å²) in [6.07, 6.45) is 5.27. The summed E-state index contributed by atoms with van der Waals surface area (Å²) in [6.45, 7) is 1.55. The van der Waals surface area contributed by atoms with Crippen LogP contribution in [-0.4, -0.2) is 5.11 Å². The predicted octanol–water partition coefficient (Wildman–Crippen LogP) is 4.63. The van der Waals surface area contributed by atoms with Gasteiger partial charge in [0.25, 0.3) is 0 Å². The molecule has 0 aliphatic rings. The Bertz CT molecular complexity index is 655. The summed E-state index contributed by atoms with van der Waals surface area (Å²) in [5, 5.41) is 10.9. The molecule has 102 valence electrons. The van der Waals surface area contributed by atoms with Gasteiger partial charge in [-0.2, -0.15) is 0 Å². The van der Waals surface area contributed by atoms with Crippen LogP contribution >= 0.6 is 23.2 Å². The van der Waals surface area contributed by atoms with Crippen molar-refractivity contribution in [1.82, 2.24) is 0 Å². The van der Waals surface area contributed by atoms with Gasteiger partial charge in [0.15, 0.2) is 0 Å². The van der Waals surface area contributed by atoms with Gasteiger partial charge in [-0.3, -0.25) is 0 Å². The van der Waals surface area contributed by atoms with Crippen molar-refractivity contribution in [3.63, 3.8) is 0 Å². The number of ether oxygens (including phenoxy) is 1. The minimum absolute atomic E-state index is 0.467. The number of aliphatic hydroxyl groups is 1. The van der Waals surface area contributed by atoms with Gasteiger partial charge in [-0.15, -0.1) is 6.42 Å². The number of hydrogen-bond acceptors (Lipinski definition) is 2. The zero-order chi connectivity index (χ0) is 14.8. The molecule has 2 nitrogen and oxygen atoms in total. The van der Waals surface area contributed by atoms with E-state index >= 15 is 0 Å². The van der Waals surface area contributed by atoms with E-state index in [0.29, 0.717) is 27.1 Å². The highest BCUT2D eigenvalue weighted by Crippen LogP contribution is 2.32. The third kappa shape index (κ3) is 3.26. The number of hydrogen-bond donors (Lipinski definition) is 1. The molecular formula is C16H12Cl2O2. The van der Waals surface area contributed by atoms with E-state index in [1.807, 2.05) is 0 Å². The number of terminal acetylenes is 1. The highest BCUT2D eigenvalue weighted by Gasteiger charge is 2.19. The van der Waals surface area contributed by atoms with E-state index in [-0.39, 0.29) is 0 Å². The number of rotatable bonds is 3. The van der Waals surface area contributed by atoms with E-state index in [4.69, 9.17) is 34.4 Å². The second kappa shape index (κ2) is 5.76. The third-order valence-electron chi connectivity index (χ3n) is 2.82. The summed E-state index contributed by atoms with van der Waals surface area (Å²) in [6, 6.07) is 11.8. The molecule has 0 heterocycles. The second-order valence-electron chi connectivity index (χ2n) is 4.42. The molecule has 2 aromatic carbocycles. The Hall–Kier alpha value is -1.66. The Kier molecular flexibility index (Phi) is 4.25. The molecule has 1 unspecified atom stereocenters. The number of halogens is 2. The van der Waals surface area contributed by atoms with Gasteiger partial charge in [0.05, 0.1) is 5.02 Å². The minimum atomic E-state index is -1.30. The summed E-state index contributed by atoms with van der Waals surface area (Å²) < 4.78 is 5.64. The third-order valence-corrected chi connectivity index (χ3v) is 3.37. The van der Waals surface area contributed by atoms with Crippen molar-refractivity contribution in [2.24, 2.45) is 0 Å². The maximum atomic E-state index is 9.94. The summed E-state index contributed by atoms with van der Waals surface area (Å²) in [7, 11) is 0. The SMILES string of the molecule is C#CC(C)(O)c1ccc(Oc2cc(Cl)ccc2Cl)cc1. The van der Waals surface area contributed by atoms with Gasteiger partial charge in [0.2, 0.25) is 0 Å². The van der Waals surface area contributed by atoms with Crippen LogP contribution in [0.2, 0.25) is 10.0 Å². The average molecular weight is 307 g/mol. The van der Waals surface area contributed by atoms with Crippen molar-refractivity contribution >= 4 is 23.2 Å². The molecule has 1 N–H and O–H groups in total. The van der Waals surface area contributed by atoms with Crippen LogP contribution in [0.15, 0.2) is 42.5 Å². The lowest BCUT2D eigenvalue weighted by atomic mass is 9.97. The fraction of sp³-hybridized carbons (Fsp3) is 0.125. The summed E-state index contributed by atoms with van der Waals surface area (Å²) in [5.74, 6) is 3.36. The number of benzene rings is 2. The molecule has 2 aromatic rings. The fourth-order valence-electron chi connectivity index (χ4n) is 1.61. The molecule has 20 heavy (non-hydrogen) atoms. The minimum Gasteiger partial charge on any atom is -0.456 e. The van der Waals surface area contributed by atoms with Crippen LogP contribution in [0, 0.1) is 12.3 Å². The Labute approximate surface area is 127 Å². The molecule has 0 aromatic heterocycles. The van der Waals surface area contributed by atoms with Crippen molar-refractivity contribution in [3.05, 3.63) is 58.1 Å². The van der Waals surface area contributed by atoms with Gasteiger partial charge in [-0.1, -0.05) is 41.3 Å². The van der Waals surface area contributed by atoms with Crippen molar-refractivity contribution in [3.8, 4) is 23.8 Å². The van der Waals surface area contributed by atoms with E-state index in [9.17, 15) is 5.11 Å². The Balaban J connectivity index is 2.24. The first-order valence-electron chi connectivity index (χ1n) is 5.86. The molecule has 0 saturated carbocycles. The standard InChI is InChI=1S/C16H12Cl2O2/c1-3-16(2,19)11-4-7-13(8-5-11)20-15-10-12(17)6-9-14(15)18/h1,4-10,19H,2H3. The van der Waals surface area contributed by atoms with Gasteiger partial charge < -0.3 is 9.84 Å². The molecule has 0 fully saturated rings. The molecule has 0 saturated heterocycles. The topological polar surface area (TPSA) is 29.5 Å². The maximum absolute atomic E-state index is 9.94. The molecule has 0 bridgehead atoms. The van der Waals surface area contributed by atoms with Crippen LogP contribution in [0.25, 0.3) is 0 Å². The van der Waals surface area contributed by atoms with Gasteiger partial charge in [-0.05, 0) is 36.8 Å². The Morgan fingerprint density at radius 1 is 1.15 bits per heavy atom. The van der Waals surface area contributed by atoms with E-state index in [1.165, 1.54) is 0 Å². The van der Waals surface area contributed by atoms with Crippen molar-refractivity contribution < 1.29 is 9.84 Å². The van der Waals surface area contributed by atoms with Crippen LogP contribution < -0.4 is 4.74 Å². The van der Waals surface area contributed by atoms with Gasteiger partial charge in [0, 0.05) is 11.1 Å². The quantitative estimate of drug-likeness (QED) is 0.838. The van der Waals surface area contributed by atoms with E-state index in [2.05, 4.69) is 5.92 Å². The fourth-order valence-corrected chi connectivity index (χ4v) is 1.93. The first-order valence-corrected chi connectivity index (χ1v) is 6.61. The molecule has 1 atom stereocenters. The molecule has 0 radical (unpaired) electrons. The summed E-state index contributed by atoms with van der Waals surface area (Å²) in [4.78, 5) is 0. The Morgan fingerprint density at radius 3 is 2.40 bits per heavy atom. The van der Waals surface area contributed by atoms with Crippen LogP contribution in [0.5, 0.6) is 11.5 Å². The highest BCUT2D eigenvalue weighted by atomic mass is 35.5. The zero-order valence-electron chi connectivity index (χ0n) is 10.7. The van der Waals surface area contributed by atoms with Gasteiger partial charge in [0.1, 0.15) is 17.1 Å². The highest BCUT2D eigenvalue weighted by molar-refractivity contribution is 6.34. The molecule has 0 amide bonds. The van der Waals surface area contributed by atoms with Crippen molar-refractivity contribution in [1.29, 1.82) is 0 Å². The van der Waals surface area contributed by atoms with Crippen LogP contribution in [0.4, 0.5) is 0 Å². The summed E-state index contributed by atoms with van der Waals surface area (Å²) >= 11 is 11.9. The Morgan fingerprint density at radius 2 is 1.80 bits per heavy atom. The molecule has 0 aliphatic heterocycles. The molecule has 0 aliphatic carbocycles. The van der Waals surface area contributed by atoms with E-state index in [1.54, 1.807) is 49.4 Å². The van der Waals surface area contributed by atoms with Crippen LogP contribution in [0.3, 0.4) is 0 Å². The molecule has 2 rings (SSSR count). The van der Waals surface area contributed by atoms with Crippen LogP contribution in [0.1, 0.15) is 12.5 Å². The van der Waals surface area contributed by atoms with E-state index in [0.717, 1.165) is 0 Å². The first kappa shape index (κ1) is 14.7. The van der Waals surface area contributed by atoms with Crippen molar-refractivity contribution in [2.45, 2.75) is 12.5 Å². The van der Waals surface area contributed by atoms with Gasteiger partial charge in [-0.25, -0.2) is 0 Å². The summed E-state index contributed by atoms with van der Waals surface area (Å²) in [5.41, 5.74) is -0.684. The van der Waals surface area contributed by atoms with Gasteiger partial charge >= 0.3 is 0 Å². The van der Waals surface area contributed by atoms with Crippen molar-refractivity contribution in [2.75, 3.05) is 0 Å². The zero-order valence-corrected chi connectivity index (χ0v) is 12.2. The maximum Gasteiger partial charge on any atom is 0.147 e. The monoisotopic (exact) mass is 306 g/mol. The second-order valence-corrected chi connectivity index (χ2v) is 5.26. The predicted molar refractivity (Wildman–Crippen MR) is 81.4 cm³/mol. The smallest absolute Gasteiger partial charge is 0.147 e. The lowest BCUT2D eigenvalue weighted by Gasteiger charge is -2.17. The lowest BCUT2D eigenvalue weighted by molar-refractivity contribution is 0.122. The first-order chi connectivity index (χ1) is 9.42. The normalized spacial score (nSPS) is 13.3. The molecule has 4 heteroatoms. The average Bonchev–Trinajstić information content (AvgIpc) is 2.43.